The van der Waals surface area contributed by atoms with Crippen molar-refractivity contribution in [3.05, 3.63) is 99.0 Å². The molecule has 3 aromatic heterocycles. The molecule has 1 N–H and O–H groups in total. The molecule has 0 unspecified atom stereocenters. The Balaban J connectivity index is 1.40. The molecular formula is C30H31N5O3S. The zero-order valence-electron chi connectivity index (χ0n) is 22.5. The number of carbonyl (C=O) groups is 1. The number of carbonyl (C=O) groups excluding carboxylic acids is 1. The van der Waals surface area contributed by atoms with E-state index in [0.717, 1.165) is 24.2 Å². The largest absolute Gasteiger partial charge is 0.494 e. The van der Waals surface area contributed by atoms with E-state index in [9.17, 15) is 9.59 Å². The van der Waals surface area contributed by atoms with Gasteiger partial charge in [-0.05, 0) is 57.4 Å². The zero-order valence-corrected chi connectivity index (χ0v) is 23.3. The number of benzene rings is 2. The van der Waals surface area contributed by atoms with E-state index in [2.05, 4.69) is 22.4 Å². The van der Waals surface area contributed by atoms with Crippen LogP contribution in [-0.4, -0.2) is 38.2 Å². The van der Waals surface area contributed by atoms with Crippen molar-refractivity contribution in [3.8, 4) is 22.7 Å². The van der Waals surface area contributed by atoms with Crippen LogP contribution in [0.3, 0.4) is 0 Å². The second kappa shape index (κ2) is 11.2. The molecule has 0 bridgehead atoms. The van der Waals surface area contributed by atoms with Gasteiger partial charge in [0, 0.05) is 22.8 Å². The van der Waals surface area contributed by atoms with Gasteiger partial charge in [-0.15, -0.1) is 11.3 Å². The van der Waals surface area contributed by atoms with Crippen LogP contribution < -0.4 is 15.6 Å². The summed E-state index contributed by atoms with van der Waals surface area (Å²) in [5.41, 5.74) is 4.80. The zero-order chi connectivity index (χ0) is 27.5. The van der Waals surface area contributed by atoms with Gasteiger partial charge in [-0.25, -0.2) is 9.67 Å². The van der Waals surface area contributed by atoms with Gasteiger partial charge in [0.2, 0.25) is 5.91 Å². The standard InChI is InChI=1S/C30H31N5O3S/c1-19(14-15-22-10-6-5-7-11-22)31-27(36)17-23-18-39-30-32-21(3)28(29(37)34(23)30)24-16-20(2)35(33-24)25-12-8-9-13-26(25)38-4/h5-13,16,18-19H,14-15,17H2,1-4H3,(H,31,36)/t19-/m1/s1. The molecule has 3 heterocycles. The molecular weight excluding hydrogens is 510 g/mol. The van der Waals surface area contributed by atoms with E-state index in [4.69, 9.17) is 9.84 Å². The summed E-state index contributed by atoms with van der Waals surface area (Å²) in [4.78, 5) is 31.9. The fourth-order valence-corrected chi connectivity index (χ4v) is 5.69. The highest BCUT2D eigenvalue weighted by molar-refractivity contribution is 7.15. The highest BCUT2D eigenvalue weighted by atomic mass is 32.1. The van der Waals surface area contributed by atoms with E-state index in [1.807, 2.05) is 74.7 Å². The predicted octanol–water partition coefficient (Wildman–Crippen LogP) is 4.91. The van der Waals surface area contributed by atoms with Crippen LogP contribution in [0.25, 0.3) is 21.9 Å². The molecule has 0 aliphatic heterocycles. The topological polar surface area (TPSA) is 90.5 Å². The number of nitrogens with one attached hydrogen (secondary N) is 1. The average Bonchev–Trinajstić information content (AvgIpc) is 3.50. The summed E-state index contributed by atoms with van der Waals surface area (Å²) < 4.78 is 8.81. The Kier molecular flexibility index (Phi) is 7.60. The lowest BCUT2D eigenvalue weighted by atomic mass is 10.1. The molecule has 9 heteroatoms. The van der Waals surface area contributed by atoms with Crippen LogP contribution in [0.5, 0.6) is 5.75 Å². The highest BCUT2D eigenvalue weighted by Gasteiger charge is 2.21. The number of methoxy groups -OCH3 is 1. The van der Waals surface area contributed by atoms with E-state index in [-0.39, 0.29) is 23.9 Å². The van der Waals surface area contributed by atoms with Crippen molar-refractivity contribution in [2.24, 2.45) is 0 Å². The van der Waals surface area contributed by atoms with Gasteiger partial charge in [0.1, 0.15) is 17.1 Å². The van der Waals surface area contributed by atoms with Crippen LogP contribution in [0.4, 0.5) is 0 Å². The van der Waals surface area contributed by atoms with Crippen molar-refractivity contribution in [1.82, 2.24) is 24.5 Å². The van der Waals surface area contributed by atoms with Gasteiger partial charge < -0.3 is 10.1 Å². The lowest BCUT2D eigenvalue weighted by molar-refractivity contribution is -0.121. The van der Waals surface area contributed by atoms with Crippen molar-refractivity contribution in [2.45, 2.75) is 46.1 Å². The van der Waals surface area contributed by atoms with Gasteiger partial charge in [0.15, 0.2) is 4.96 Å². The van der Waals surface area contributed by atoms with Crippen LogP contribution in [0.2, 0.25) is 0 Å². The first-order chi connectivity index (χ1) is 18.9. The first kappa shape index (κ1) is 26.4. The fraction of sp³-hybridized carbons (Fsp3) is 0.267. The highest BCUT2D eigenvalue weighted by Crippen LogP contribution is 2.27. The van der Waals surface area contributed by atoms with E-state index in [1.54, 1.807) is 16.2 Å². The van der Waals surface area contributed by atoms with E-state index in [0.29, 0.717) is 33.4 Å². The monoisotopic (exact) mass is 541 g/mol. The maximum atomic E-state index is 13.8. The molecule has 0 aliphatic carbocycles. The maximum Gasteiger partial charge on any atom is 0.268 e. The number of ether oxygens (including phenoxy) is 1. The molecule has 2 aromatic carbocycles. The number of hydrogen-bond acceptors (Lipinski definition) is 6. The Morgan fingerprint density at radius 1 is 1.10 bits per heavy atom. The second-order valence-corrected chi connectivity index (χ2v) is 10.5. The molecule has 200 valence electrons. The van der Waals surface area contributed by atoms with E-state index in [1.165, 1.54) is 16.9 Å². The van der Waals surface area contributed by atoms with Gasteiger partial charge >= 0.3 is 0 Å². The minimum absolute atomic E-state index is 0.0113. The predicted molar refractivity (Wildman–Crippen MR) is 154 cm³/mol. The van der Waals surface area contributed by atoms with E-state index < -0.39 is 0 Å². The van der Waals surface area contributed by atoms with Gasteiger partial charge in [-0.1, -0.05) is 42.5 Å². The molecule has 8 nitrogen and oxygen atoms in total. The molecule has 0 saturated carbocycles. The summed E-state index contributed by atoms with van der Waals surface area (Å²) in [6, 6.07) is 19.7. The number of nitrogens with zero attached hydrogens (tertiary/aromatic N) is 4. The number of aryl methyl sites for hydroxylation is 3. The minimum Gasteiger partial charge on any atom is -0.494 e. The molecule has 1 amide bonds. The lowest BCUT2D eigenvalue weighted by Gasteiger charge is -2.14. The van der Waals surface area contributed by atoms with Crippen molar-refractivity contribution in [1.29, 1.82) is 0 Å². The first-order valence-corrected chi connectivity index (χ1v) is 13.8. The number of amides is 1. The number of thiazole rings is 1. The number of para-hydroxylation sites is 2. The number of fused-ring (bicyclic) bond motifs is 1. The second-order valence-electron chi connectivity index (χ2n) is 9.65. The summed E-state index contributed by atoms with van der Waals surface area (Å²) in [5.74, 6) is 0.557. The minimum atomic E-state index is -0.233. The lowest BCUT2D eigenvalue weighted by Crippen LogP contribution is -2.34. The molecule has 39 heavy (non-hydrogen) atoms. The average molecular weight is 542 g/mol. The Morgan fingerprint density at radius 3 is 2.62 bits per heavy atom. The molecule has 5 aromatic rings. The molecule has 5 rings (SSSR count). The number of hydrogen-bond donors (Lipinski definition) is 1. The Bertz CT molecular complexity index is 1690. The Labute approximate surface area is 230 Å². The molecule has 0 radical (unpaired) electrons. The molecule has 0 aliphatic rings. The van der Waals surface area contributed by atoms with Crippen molar-refractivity contribution in [2.75, 3.05) is 7.11 Å². The SMILES string of the molecule is COc1ccccc1-n1nc(-c2c(C)nc3scc(CC(=O)N[C@H](C)CCc4ccccc4)n3c2=O)cc1C. The third-order valence-corrected chi connectivity index (χ3v) is 7.61. The summed E-state index contributed by atoms with van der Waals surface area (Å²) in [6.07, 6.45) is 1.81. The Hall–Kier alpha value is -4.24. The van der Waals surface area contributed by atoms with E-state index >= 15 is 0 Å². The fourth-order valence-electron chi connectivity index (χ4n) is 4.76. The van der Waals surface area contributed by atoms with Crippen LogP contribution in [-0.2, 0) is 17.6 Å². The summed E-state index contributed by atoms with van der Waals surface area (Å²) in [6.45, 7) is 5.75. The van der Waals surface area contributed by atoms with Gasteiger partial charge in [-0.3, -0.25) is 14.0 Å². The van der Waals surface area contributed by atoms with Crippen LogP contribution >= 0.6 is 11.3 Å². The first-order valence-electron chi connectivity index (χ1n) is 12.9. The third-order valence-electron chi connectivity index (χ3n) is 6.74. The van der Waals surface area contributed by atoms with Crippen molar-refractivity contribution >= 4 is 22.2 Å². The molecule has 1 atom stereocenters. The van der Waals surface area contributed by atoms with Gasteiger partial charge in [-0.2, -0.15) is 5.10 Å². The molecule has 0 saturated heterocycles. The normalized spacial score (nSPS) is 12.0. The molecule has 0 fully saturated rings. The summed E-state index contributed by atoms with van der Waals surface area (Å²) in [5, 5.41) is 9.66. The van der Waals surface area contributed by atoms with Crippen molar-refractivity contribution < 1.29 is 9.53 Å². The smallest absolute Gasteiger partial charge is 0.268 e. The van der Waals surface area contributed by atoms with Crippen LogP contribution in [0.15, 0.2) is 70.8 Å². The van der Waals surface area contributed by atoms with Gasteiger partial charge in [0.25, 0.3) is 5.56 Å². The number of rotatable bonds is 9. The Morgan fingerprint density at radius 2 is 1.85 bits per heavy atom. The van der Waals surface area contributed by atoms with Gasteiger partial charge in [0.05, 0.1) is 24.8 Å². The maximum absolute atomic E-state index is 13.8. The summed E-state index contributed by atoms with van der Waals surface area (Å²) >= 11 is 1.35. The van der Waals surface area contributed by atoms with Crippen LogP contribution in [0.1, 0.15) is 36.0 Å². The van der Waals surface area contributed by atoms with Crippen molar-refractivity contribution in [3.63, 3.8) is 0 Å². The third kappa shape index (κ3) is 5.49. The summed E-state index contributed by atoms with van der Waals surface area (Å²) in [7, 11) is 1.62. The van der Waals surface area contributed by atoms with Crippen LogP contribution in [0, 0.1) is 13.8 Å². The molecule has 0 spiro atoms. The quantitative estimate of drug-likeness (QED) is 0.286. The number of aromatic nitrogens is 4.